The standard InChI is InChI=1S/C14H13ClN2O/c1-10-6-7-16-13(8-10)17-14(18)9-11-4-2-3-5-12(11)15/h2-8H,9H2,1H3,(H,16,17,18)/p+1. The van der Waals surface area contributed by atoms with E-state index in [1.54, 1.807) is 12.3 Å². The fraction of sp³-hybridized carbons (Fsp3) is 0.143. The Morgan fingerprint density at radius 1 is 1.33 bits per heavy atom. The van der Waals surface area contributed by atoms with E-state index in [0.717, 1.165) is 11.1 Å². The molecule has 92 valence electrons. The van der Waals surface area contributed by atoms with Crippen LogP contribution in [0.3, 0.4) is 0 Å². The maximum absolute atomic E-state index is 11.9. The molecule has 0 bridgehead atoms. The molecule has 0 fully saturated rings. The first kappa shape index (κ1) is 12.6. The van der Waals surface area contributed by atoms with Crippen LogP contribution in [0.15, 0.2) is 42.6 Å². The molecule has 0 aliphatic carbocycles. The molecule has 1 aromatic heterocycles. The summed E-state index contributed by atoms with van der Waals surface area (Å²) >= 11 is 6.01. The number of hydrogen-bond donors (Lipinski definition) is 1. The Bertz CT molecular complexity index is 569. The summed E-state index contributed by atoms with van der Waals surface area (Å²) in [7, 11) is 0. The van der Waals surface area contributed by atoms with Crippen LogP contribution in [-0.2, 0) is 11.2 Å². The molecule has 3 nitrogen and oxygen atoms in total. The van der Waals surface area contributed by atoms with E-state index >= 15 is 0 Å². The SMILES string of the molecule is Cc1cc[nH+]c(NC(=O)Cc2ccccc2Cl)c1. The quantitative estimate of drug-likeness (QED) is 0.907. The Hall–Kier alpha value is -1.87. The Labute approximate surface area is 111 Å². The van der Waals surface area contributed by atoms with Gasteiger partial charge in [0.05, 0.1) is 12.6 Å². The van der Waals surface area contributed by atoms with Crippen molar-refractivity contribution in [3.8, 4) is 0 Å². The largest absolute Gasteiger partial charge is 0.311 e. The predicted octanol–water partition coefficient (Wildman–Crippen LogP) is 2.64. The lowest BCUT2D eigenvalue weighted by Gasteiger charge is -2.01. The van der Waals surface area contributed by atoms with Crippen LogP contribution < -0.4 is 10.3 Å². The molecule has 0 unspecified atom stereocenters. The van der Waals surface area contributed by atoms with Crippen LogP contribution in [0, 0.1) is 6.92 Å². The number of aryl methyl sites for hydroxylation is 1. The van der Waals surface area contributed by atoms with E-state index < -0.39 is 0 Å². The summed E-state index contributed by atoms with van der Waals surface area (Å²) < 4.78 is 0. The third kappa shape index (κ3) is 3.31. The number of anilines is 1. The van der Waals surface area contributed by atoms with Crippen molar-refractivity contribution in [1.82, 2.24) is 0 Å². The molecule has 18 heavy (non-hydrogen) atoms. The number of aromatic amines is 1. The third-order valence-electron chi connectivity index (χ3n) is 2.54. The van der Waals surface area contributed by atoms with E-state index in [1.807, 2.05) is 37.3 Å². The Morgan fingerprint density at radius 2 is 2.11 bits per heavy atom. The van der Waals surface area contributed by atoms with Gasteiger partial charge in [-0.25, -0.2) is 15.1 Å². The van der Waals surface area contributed by atoms with Gasteiger partial charge in [0, 0.05) is 11.1 Å². The molecule has 1 heterocycles. The van der Waals surface area contributed by atoms with Gasteiger partial charge >= 0.3 is 5.91 Å². The van der Waals surface area contributed by atoms with Gasteiger partial charge in [0.25, 0.3) is 5.82 Å². The summed E-state index contributed by atoms with van der Waals surface area (Å²) in [5, 5.41) is 3.42. The third-order valence-corrected chi connectivity index (χ3v) is 2.91. The van der Waals surface area contributed by atoms with E-state index in [2.05, 4.69) is 10.3 Å². The van der Waals surface area contributed by atoms with Crippen LogP contribution in [-0.4, -0.2) is 5.91 Å². The van der Waals surface area contributed by atoms with Crippen LogP contribution in [0.2, 0.25) is 5.02 Å². The maximum atomic E-state index is 11.9. The molecule has 0 aliphatic rings. The van der Waals surface area contributed by atoms with Crippen LogP contribution in [0.1, 0.15) is 11.1 Å². The molecule has 2 aromatic rings. The number of hydrogen-bond acceptors (Lipinski definition) is 1. The molecule has 4 heteroatoms. The van der Waals surface area contributed by atoms with Crippen molar-refractivity contribution >= 4 is 23.3 Å². The fourth-order valence-corrected chi connectivity index (χ4v) is 1.86. The summed E-state index contributed by atoms with van der Waals surface area (Å²) in [6.07, 6.45) is 2.06. The predicted molar refractivity (Wildman–Crippen MR) is 71.5 cm³/mol. The first-order valence-corrected chi connectivity index (χ1v) is 6.04. The van der Waals surface area contributed by atoms with E-state index in [0.29, 0.717) is 10.8 Å². The normalized spacial score (nSPS) is 10.1. The summed E-state index contributed by atoms with van der Waals surface area (Å²) in [6, 6.07) is 11.2. The van der Waals surface area contributed by atoms with E-state index in [1.165, 1.54) is 0 Å². The van der Waals surface area contributed by atoms with Gasteiger partial charge in [-0.1, -0.05) is 29.8 Å². The molecular weight excluding hydrogens is 248 g/mol. The highest BCUT2D eigenvalue weighted by Gasteiger charge is 2.12. The number of rotatable bonds is 3. The minimum absolute atomic E-state index is 0.0926. The lowest BCUT2D eigenvalue weighted by Crippen LogP contribution is -2.20. The second-order valence-corrected chi connectivity index (χ2v) is 4.50. The Morgan fingerprint density at radius 3 is 2.83 bits per heavy atom. The lowest BCUT2D eigenvalue weighted by atomic mass is 10.1. The molecule has 0 atom stereocenters. The van der Waals surface area contributed by atoms with Crippen LogP contribution in [0.4, 0.5) is 5.82 Å². The number of H-pyrrole nitrogens is 1. The molecule has 0 radical (unpaired) electrons. The van der Waals surface area contributed by atoms with Gasteiger partial charge in [-0.05, 0) is 30.2 Å². The topological polar surface area (TPSA) is 43.2 Å². The van der Waals surface area contributed by atoms with E-state index in [9.17, 15) is 4.79 Å². The number of benzene rings is 1. The maximum Gasteiger partial charge on any atom is 0.311 e. The minimum atomic E-state index is -0.0926. The smallest absolute Gasteiger partial charge is 0.247 e. The summed E-state index contributed by atoms with van der Waals surface area (Å²) in [5.74, 6) is 0.594. The molecule has 0 aliphatic heterocycles. The minimum Gasteiger partial charge on any atom is -0.247 e. The van der Waals surface area contributed by atoms with Gasteiger partial charge in [-0.15, -0.1) is 0 Å². The van der Waals surface area contributed by atoms with E-state index in [-0.39, 0.29) is 12.3 Å². The average Bonchev–Trinajstić information content (AvgIpc) is 2.32. The zero-order chi connectivity index (χ0) is 13.0. The molecule has 1 aromatic carbocycles. The number of aromatic nitrogens is 1. The van der Waals surface area contributed by atoms with Crippen LogP contribution in [0.25, 0.3) is 0 Å². The highest BCUT2D eigenvalue weighted by atomic mass is 35.5. The zero-order valence-electron chi connectivity index (χ0n) is 10.0. The lowest BCUT2D eigenvalue weighted by molar-refractivity contribution is -0.360. The molecule has 0 spiro atoms. The van der Waals surface area contributed by atoms with Crippen LogP contribution >= 0.6 is 11.6 Å². The molecule has 0 saturated heterocycles. The molecule has 0 saturated carbocycles. The van der Waals surface area contributed by atoms with Gasteiger partial charge in [0.1, 0.15) is 0 Å². The first-order valence-electron chi connectivity index (χ1n) is 5.67. The van der Waals surface area contributed by atoms with Gasteiger partial charge in [0.2, 0.25) is 0 Å². The number of carbonyl (C=O) groups excluding carboxylic acids is 1. The van der Waals surface area contributed by atoms with Crippen molar-refractivity contribution in [1.29, 1.82) is 0 Å². The molecule has 2 N–H and O–H groups in total. The summed E-state index contributed by atoms with van der Waals surface area (Å²) in [5.41, 5.74) is 1.91. The highest BCUT2D eigenvalue weighted by Crippen LogP contribution is 2.15. The molecule has 2 rings (SSSR count). The van der Waals surface area contributed by atoms with Gasteiger partial charge in [-0.2, -0.15) is 0 Å². The highest BCUT2D eigenvalue weighted by molar-refractivity contribution is 6.31. The second kappa shape index (κ2) is 5.65. The summed E-state index contributed by atoms with van der Waals surface area (Å²) in [4.78, 5) is 14.8. The van der Waals surface area contributed by atoms with Crippen molar-refractivity contribution in [2.24, 2.45) is 0 Å². The average molecular weight is 262 g/mol. The number of amides is 1. The first-order chi connectivity index (χ1) is 8.65. The Kier molecular flexibility index (Phi) is 3.95. The van der Waals surface area contributed by atoms with Crippen molar-refractivity contribution in [2.75, 3.05) is 5.32 Å². The van der Waals surface area contributed by atoms with Gasteiger partial charge < -0.3 is 0 Å². The number of nitrogens with one attached hydrogen (secondary N) is 2. The van der Waals surface area contributed by atoms with Crippen molar-refractivity contribution in [3.05, 3.63) is 58.7 Å². The zero-order valence-corrected chi connectivity index (χ0v) is 10.8. The Balaban J connectivity index is 2.03. The summed E-state index contributed by atoms with van der Waals surface area (Å²) in [6.45, 7) is 1.97. The van der Waals surface area contributed by atoms with Gasteiger partial charge in [0.15, 0.2) is 0 Å². The van der Waals surface area contributed by atoms with Gasteiger partial charge in [-0.3, -0.25) is 0 Å². The number of carbonyl (C=O) groups is 1. The van der Waals surface area contributed by atoms with E-state index in [4.69, 9.17) is 11.6 Å². The molecular formula is C14H14ClN2O+. The second-order valence-electron chi connectivity index (χ2n) is 4.10. The monoisotopic (exact) mass is 261 g/mol. The van der Waals surface area contributed by atoms with Crippen molar-refractivity contribution in [2.45, 2.75) is 13.3 Å². The van der Waals surface area contributed by atoms with Crippen molar-refractivity contribution < 1.29 is 9.78 Å². The fourth-order valence-electron chi connectivity index (χ4n) is 1.66. The number of halogens is 1. The molecule has 1 amide bonds. The number of pyridine rings is 1. The van der Waals surface area contributed by atoms with Crippen LogP contribution in [0.5, 0.6) is 0 Å². The van der Waals surface area contributed by atoms with Crippen molar-refractivity contribution in [3.63, 3.8) is 0 Å².